The highest BCUT2D eigenvalue weighted by molar-refractivity contribution is 5.86. The molecule has 0 aliphatic heterocycles. The van der Waals surface area contributed by atoms with Gasteiger partial charge in [0.05, 0.1) is 5.41 Å². The molecule has 0 spiro atoms. The van der Waals surface area contributed by atoms with Crippen molar-refractivity contribution in [1.82, 2.24) is 0 Å². The maximum atomic E-state index is 3.97. The van der Waals surface area contributed by atoms with Gasteiger partial charge >= 0.3 is 0 Å². The Kier molecular flexibility index (Phi) is 8.16. The second kappa shape index (κ2) is 12.8. The van der Waals surface area contributed by atoms with E-state index in [9.17, 15) is 0 Å². The molecule has 0 fully saturated rings. The molecule has 246 valence electrons. The number of rotatable bonds is 8. The maximum Gasteiger partial charge on any atom is 0.0526 e. The van der Waals surface area contributed by atoms with Crippen molar-refractivity contribution in [2.24, 2.45) is 11.8 Å². The van der Waals surface area contributed by atoms with Crippen molar-refractivity contribution in [1.29, 1.82) is 0 Å². The van der Waals surface area contributed by atoms with Crippen LogP contribution in [-0.2, 0) is 10.8 Å². The van der Waals surface area contributed by atoms with Crippen LogP contribution >= 0.6 is 0 Å². The van der Waals surface area contributed by atoms with Gasteiger partial charge in [0.1, 0.15) is 0 Å². The van der Waals surface area contributed by atoms with E-state index in [0.29, 0.717) is 11.8 Å². The van der Waals surface area contributed by atoms with Crippen LogP contribution in [0.25, 0.3) is 28.3 Å². The Morgan fingerprint density at radius 1 is 0.660 bits per heavy atom. The quantitative estimate of drug-likeness (QED) is 0.162. The molecule has 2 aliphatic rings. The molecule has 1 heteroatoms. The summed E-state index contributed by atoms with van der Waals surface area (Å²) < 4.78 is 0. The number of hydrogen-bond donors (Lipinski definition) is 1. The van der Waals surface area contributed by atoms with Crippen LogP contribution in [0.3, 0.4) is 0 Å². The third-order valence-electron chi connectivity index (χ3n) is 11.4. The Bertz CT molecular complexity index is 2190. The molecule has 3 unspecified atom stereocenters. The first kappa shape index (κ1) is 31.8. The van der Waals surface area contributed by atoms with Gasteiger partial charge in [-0.3, -0.25) is 0 Å². The van der Waals surface area contributed by atoms with E-state index in [4.69, 9.17) is 0 Å². The van der Waals surface area contributed by atoms with Gasteiger partial charge in [-0.1, -0.05) is 167 Å². The Morgan fingerprint density at radius 2 is 1.34 bits per heavy atom. The minimum absolute atomic E-state index is 0.245. The van der Waals surface area contributed by atoms with Gasteiger partial charge in [0.25, 0.3) is 0 Å². The molecule has 1 N–H and O–H groups in total. The van der Waals surface area contributed by atoms with Gasteiger partial charge in [-0.15, -0.1) is 0 Å². The fourth-order valence-electron chi connectivity index (χ4n) is 8.66. The first-order valence-corrected chi connectivity index (χ1v) is 18.1. The minimum Gasteiger partial charge on any atom is -0.355 e. The second-order valence-corrected chi connectivity index (χ2v) is 14.7. The van der Waals surface area contributed by atoms with Crippen LogP contribution in [0.1, 0.15) is 67.0 Å². The van der Waals surface area contributed by atoms with Crippen molar-refractivity contribution in [2.75, 3.05) is 5.32 Å². The van der Waals surface area contributed by atoms with Crippen LogP contribution in [0.4, 0.5) is 11.4 Å². The van der Waals surface area contributed by atoms with Gasteiger partial charge in [-0.05, 0) is 105 Å². The zero-order chi connectivity index (χ0) is 34.3. The van der Waals surface area contributed by atoms with E-state index in [-0.39, 0.29) is 10.8 Å². The van der Waals surface area contributed by atoms with E-state index >= 15 is 0 Å². The maximum absolute atomic E-state index is 3.97. The lowest BCUT2D eigenvalue weighted by atomic mass is 9.61. The summed E-state index contributed by atoms with van der Waals surface area (Å²) in [4.78, 5) is 0. The zero-order valence-electron chi connectivity index (χ0n) is 29.4. The van der Waals surface area contributed by atoms with Crippen LogP contribution < -0.4 is 5.32 Å². The van der Waals surface area contributed by atoms with Crippen LogP contribution in [0.15, 0.2) is 164 Å². The Balaban J connectivity index is 1.29. The predicted octanol–water partition coefficient (Wildman–Crippen LogP) is 13.0. The highest BCUT2D eigenvalue weighted by atomic mass is 14.9. The third-order valence-corrected chi connectivity index (χ3v) is 11.4. The van der Waals surface area contributed by atoms with Crippen molar-refractivity contribution in [3.63, 3.8) is 0 Å². The Hall–Kier alpha value is -5.40. The van der Waals surface area contributed by atoms with E-state index in [2.05, 4.69) is 190 Å². The molecule has 0 radical (unpaired) electrons. The smallest absolute Gasteiger partial charge is 0.0526 e. The molecular formula is C49H45N. The summed E-state index contributed by atoms with van der Waals surface area (Å²) in [5.74, 6) is 0.968. The second-order valence-electron chi connectivity index (χ2n) is 14.7. The van der Waals surface area contributed by atoms with Crippen molar-refractivity contribution in [2.45, 2.75) is 44.4 Å². The van der Waals surface area contributed by atoms with Crippen molar-refractivity contribution >= 4 is 17.5 Å². The summed E-state index contributed by atoms with van der Waals surface area (Å²) in [5, 5.41) is 3.97. The summed E-state index contributed by atoms with van der Waals surface area (Å²) in [6, 6.07) is 53.9. The molecule has 2 aliphatic carbocycles. The fraction of sp³-hybridized carbons (Fsp3) is 0.184. The summed E-state index contributed by atoms with van der Waals surface area (Å²) >= 11 is 0. The summed E-state index contributed by atoms with van der Waals surface area (Å²) in [5.41, 5.74) is 14.7. The van der Waals surface area contributed by atoms with Crippen molar-refractivity contribution in [3.8, 4) is 22.3 Å². The molecule has 1 nitrogen and oxygen atoms in total. The number of hydrogen-bond acceptors (Lipinski definition) is 1. The lowest BCUT2D eigenvalue weighted by molar-refractivity contribution is 0.377. The van der Waals surface area contributed by atoms with Crippen LogP contribution in [0, 0.1) is 11.8 Å². The summed E-state index contributed by atoms with van der Waals surface area (Å²) in [6.07, 6.45) is 9.22. The molecule has 0 aromatic heterocycles. The highest BCUT2D eigenvalue weighted by Crippen LogP contribution is 2.59. The molecule has 0 saturated carbocycles. The number of anilines is 2. The van der Waals surface area contributed by atoms with Crippen molar-refractivity contribution in [3.05, 3.63) is 198 Å². The molecule has 0 saturated heterocycles. The Morgan fingerprint density at radius 3 is 2.06 bits per heavy atom. The monoisotopic (exact) mass is 647 g/mol. The lowest BCUT2D eigenvalue weighted by Gasteiger charge is -2.41. The molecule has 0 amide bonds. The molecule has 0 bridgehead atoms. The van der Waals surface area contributed by atoms with Crippen LogP contribution in [0.5, 0.6) is 0 Å². The Labute approximate surface area is 298 Å². The highest BCUT2D eigenvalue weighted by Gasteiger charge is 2.49. The lowest BCUT2D eigenvalue weighted by Crippen LogP contribution is -2.36. The molecule has 3 atom stereocenters. The first-order chi connectivity index (χ1) is 24.4. The van der Waals surface area contributed by atoms with Gasteiger partial charge in [-0.2, -0.15) is 0 Å². The van der Waals surface area contributed by atoms with Gasteiger partial charge in [0.15, 0.2) is 0 Å². The van der Waals surface area contributed by atoms with Gasteiger partial charge in [-0.25, -0.2) is 0 Å². The van der Waals surface area contributed by atoms with E-state index in [1.54, 1.807) is 0 Å². The zero-order valence-corrected chi connectivity index (χ0v) is 29.4. The fourth-order valence-corrected chi connectivity index (χ4v) is 8.66. The molecule has 6 aromatic rings. The molecule has 50 heavy (non-hydrogen) atoms. The van der Waals surface area contributed by atoms with Crippen LogP contribution in [0.2, 0.25) is 0 Å². The first-order valence-electron chi connectivity index (χ1n) is 18.1. The van der Waals surface area contributed by atoms with Gasteiger partial charge in [0, 0.05) is 16.8 Å². The van der Waals surface area contributed by atoms with Crippen LogP contribution in [-0.4, -0.2) is 0 Å². The standard InChI is InChI=1S/C49H45N/c1-5-35-22-24-36(25-23-35)37-26-31-47(46(32-37)48(3,4)38-14-8-6-9-15-38)50-41-29-30-43-42-18-12-13-19-44(42)49(45(43)33-41,39-16-10-7-11-17-39)40-27-20-34(2)21-28-40/h5-20,22-27,29-34,40,50H,1,21,28H2,2-4H3. The summed E-state index contributed by atoms with van der Waals surface area (Å²) in [6.45, 7) is 11.0. The molecule has 6 aromatic carbocycles. The summed E-state index contributed by atoms with van der Waals surface area (Å²) in [7, 11) is 0. The van der Waals surface area contributed by atoms with Gasteiger partial charge < -0.3 is 5.32 Å². The van der Waals surface area contributed by atoms with Crippen molar-refractivity contribution < 1.29 is 0 Å². The number of allylic oxidation sites excluding steroid dienone is 2. The molecule has 0 heterocycles. The van der Waals surface area contributed by atoms with Gasteiger partial charge in [0.2, 0.25) is 0 Å². The number of nitrogens with one attached hydrogen (secondary N) is 1. The van der Waals surface area contributed by atoms with E-state index in [1.165, 1.54) is 56.5 Å². The average molecular weight is 648 g/mol. The largest absolute Gasteiger partial charge is 0.355 e. The minimum atomic E-state index is -0.269. The third kappa shape index (κ3) is 5.33. The number of benzene rings is 6. The van der Waals surface area contributed by atoms with E-state index < -0.39 is 0 Å². The predicted molar refractivity (Wildman–Crippen MR) is 213 cm³/mol. The average Bonchev–Trinajstić information content (AvgIpc) is 3.46. The SMILES string of the molecule is C=Cc1ccc(-c2ccc(Nc3ccc4c(c3)C(c3ccccc3)(C3C=CC(C)CC3)c3ccccc3-4)c(C(C)(C)c3ccccc3)c2)cc1. The molecular weight excluding hydrogens is 603 g/mol. The normalized spacial score (nSPS) is 19.4. The topological polar surface area (TPSA) is 12.0 Å². The van der Waals surface area contributed by atoms with E-state index in [1.807, 2.05) is 6.08 Å². The van der Waals surface area contributed by atoms with E-state index in [0.717, 1.165) is 23.4 Å². The molecule has 8 rings (SSSR count). The number of fused-ring (bicyclic) bond motifs is 3.